The molecular formula is C11H11ClO2. The molecular weight excluding hydrogens is 200 g/mol. The second-order valence-corrected chi connectivity index (χ2v) is 3.99. The first-order valence-corrected chi connectivity index (χ1v) is 5.10. The number of aromatic hydroxyl groups is 1. The lowest BCUT2D eigenvalue weighted by Crippen LogP contribution is -2.06. The summed E-state index contributed by atoms with van der Waals surface area (Å²) in [7, 11) is 0. The van der Waals surface area contributed by atoms with E-state index < -0.39 is 0 Å². The molecule has 1 aromatic rings. The molecule has 0 bridgehead atoms. The highest BCUT2D eigenvalue weighted by Gasteiger charge is 2.18. The van der Waals surface area contributed by atoms with Crippen molar-refractivity contribution in [2.45, 2.75) is 25.7 Å². The zero-order valence-electron chi connectivity index (χ0n) is 7.72. The molecule has 0 unspecified atom stereocenters. The molecule has 0 radical (unpaired) electrons. The van der Waals surface area contributed by atoms with Crippen LogP contribution in [0.2, 0.25) is 5.02 Å². The van der Waals surface area contributed by atoms with Gasteiger partial charge in [-0.2, -0.15) is 0 Å². The molecule has 1 N–H and O–H groups in total. The quantitative estimate of drug-likeness (QED) is 0.724. The highest BCUT2D eigenvalue weighted by molar-refractivity contribution is 6.32. The Bertz CT molecular complexity index is 385. The number of carbonyl (C=O) groups excluding carboxylic acids is 1. The van der Waals surface area contributed by atoms with Crippen molar-refractivity contribution in [1.29, 1.82) is 0 Å². The molecule has 0 saturated heterocycles. The Balaban J connectivity index is 2.65. The van der Waals surface area contributed by atoms with Crippen molar-refractivity contribution >= 4 is 17.9 Å². The standard InChI is InChI=1S/C11H11ClO2/c12-10-5-7-3-1-2-4-8(7)9(6-13)11(10)14/h5-6,14H,1-4H2. The number of phenols is 1. The molecule has 0 heterocycles. The predicted octanol–water partition coefficient (Wildman–Crippen LogP) is 2.74. The molecule has 0 saturated carbocycles. The van der Waals surface area contributed by atoms with Gasteiger partial charge in [0.15, 0.2) is 6.29 Å². The van der Waals surface area contributed by atoms with Gasteiger partial charge in [-0.05, 0) is 42.9 Å². The number of hydrogen-bond donors (Lipinski definition) is 1. The van der Waals surface area contributed by atoms with Gasteiger partial charge in [0.1, 0.15) is 5.75 Å². The lowest BCUT2D eigenvalue weighted by molar-refractivity contribution is 0.112. The zero-order valence-corrected chi connectivity index (χ0v) is 8.47. The number of phenolic OH excluding ortho intramolecular Hbond substituents is 1. The monoisotopic (exact) mass is 210 g/mol. The Morgan fingerprint density at radius 1 is 1.36 bits per heavy atom. The average Bonchev–Trinajstić information content (AvgIpc) is 2.20. The van der Waals surface area contributed by atoms with Gasteiger partial charge in [0.05, 0.1) is 10.6 Å². The van der Waals surface area contributed by atoms with E-state index in [1.807, 2.05) is 0 Å². The molecule has 0 atom stereocenters. The van der Waals surface area contributed by atoms with E-state index in [2.05, 4.69) is 0 Å². The van der Waals surface area contributed by atoms with Crippen LogP contribution >= 0.6 is 11.6 Å². The molecule has 0 aliphatic heterocycles. The smallest absolute Gasteiger partial charge is 0.154 e. The Morgan fingerprint density at radius 3 is 2.79 bits per heavy atom. The minimum Gasteiger partial charge on any atom is -0.506 e. The minimum atomic E-state index is -0.0673. The first-order chi connectivity index (χ1) is 6.74. The largest absolute Gasteiger partial charge is 0.506 e. The molecule has 0 amide bonds. The summed E-state index contributed by atoms with van der Waals surface area (Å²) in [6, 6.07) is 1.78. The summed E-state index contributed by atoms with van der Waals surface area (Å²) in [5.41, 5.74) is 2.47. The third-order valence-corrected chi connectivity index (χ3v) is 3.02. The SMILES string of the molecule is O=Cc1c(O)c(Cl)cc2c1CCCC2. The normalized spacial score (nSPS) is 14.9. The van der Waals surface area contributed by atoms with E-state index in [-0.39, 0.29) is 10.8 Å². The number of halogens is 1. The first-order valence-electron chi connectivity index (χ1n) is 4.72. The summed E-state index contributed by atoms with van der Waals surface area (Å²) < 4.78 is 0. The van der Waals surface area contributed by atoms with Crippen LogP contribution in [0.15, 0.2) is 6.07 Å². The number of aldehydes is 1. The fraction of sp³-hybridized carbons (Fsp3) is 0.364. The predicted molar refractivity (Wildman–Crippen MR) is 55.1 cm³/mol. The molecule has 2 rings (SSSR count). The lowest BCUT2D eigenvalue weighted by Gasteiger charge is -2.18. The molecule has 0 fully saturated rings. The summed E-state index contributed by atoms with van der Waals surface area (Å²) in [4.78, 5) is 10.8. The number of rotatable bonds is 1. The summed E-state index contributed by atoms with van der Waals surface area (Å²) in [5.74, 6) is -0.0673. The van der Waals surface area contributed by atoms with E-state index in [4.69, 9.17) is 11.6 Å². The van der Waals surface area contributed by atoms with Crippen molar-refractivity contribution in [3.05, 3.63) is 27.8 Å². The maximum absolute atomic E-state index is 10.8. The van der Waals surface area contributed by atoms with Crippen LogP contribution in [0.25, 0.3) is 0 Å². The van der Waals surface area contributed by atoms with Crippen molar-refractivity contribution in [2.24, 2.45) is 0 Å². The Kier molecular flexibility index (Phi) is 2.46. The van der Waals surface area contributed by atoms with Crippen molar-refractivity contribution in [2.75, 3.05) is 0 Å². The van der Waals surface area contributed by atoms with Gasteiger partial charge in [-0.15, -0.1) is 0 Å². The van der Waals surface area contributed by atoms with E-state index in [1.165, 1.54) is 0 Å². The molecule has 14 heavy (non-hydrogen) atoms. The molecule has 0 spiro atoms. The van der Waals surface area contributed by atoms with E-state index in [1.54, 1.807) is 6.07 Å². The number of hydrogen-bond acceptors (Lipinski definition) is 2. The number of benzene rings is 1. The van der Waals surface area contributed by atoms with Crippen LogP contribution in [0.3, 0.4) is 0 Å². The van der Waals surface area contributed by atoms with Gasteiger partial charge in [0.2, 0.25) is 0 Å². The van der Waals surface area contributed by atoms with Gasteiger partial charge in [0, 0.05) is 0 Å². The maximum Gasteiger partial charge on any atom is 0.154 e. The summed E-state index contributed by atoms with van der Waals surface area (Å²) in [6.45, 7) is 0. The summed E-state index contributed by atoms with van der Waals surface area (Å²) >= 11 is 5.82. The van der Waals surface area contributed by atoms with E-state index >= 15 is 0 Å². The molecule has 1 aromatic carbocycles. The minimum absolute atomic E-state index is 0.0673. The molecule has 0 aromatic heterocycles. The Labute approximate surface area is 87.5 Å². The van der Waals surface area contributed by atoms with Crippen LogP contribution < -0.4 is 0 Å². The number of aryl methyl sites for hydroxylation is 1. The van der Waals surface area contributed by atoms with Gasteiger partial charge in [-0.3, -0.25) is 4.79 Å². The van der Waals surface area contributed by atoms with Gasteiger partial charge in [-0.1, -0.05) is 11.6 Å². The van der Waals surface area contributed by atoms with Crippen molar-refractivity contribution in [3.63, 3.8) is 0 Å². The lowest BCUT2D eigenvalue weighted by atomic mass is 9.88. The van der Waals surface area contributed by atoms with Gasteiger partial charge < -0.3 is 5.11 Å². The van der Waals surface area contributed by atoms with E-state index in [9.17, 15) is 9.90 Å². The van der Waals surface area contributed by atoms with E-state index in [0.29, 0.717) is 11.8 Å². The molecule has 2 nitrogen and oxygen atoms in total. The van der Waals surface area contributed by atoms with Crippen molar-refractivity contribution < 1.29 is 9.90 Å². The van der Waals surface area contributed by atoms with Gasteiger partial charge in [0.25, 0.3) is 0 Å². The second kappa shape index (κ2) is 3.62. The van der Waals surface area contributed by atoms with Crippen molar-refractivity contribution in [3.8, 4) is 5.75 Å². The number of fused-ring (bicyclic) bond motifs is 1. The third-order valence-electron chi connectivity index (χ3n) is 2.74. The van der Waals surface area contributed by atoms with Crippen LogP contribution in [-0.4, -0.2) is 11.4 Å². The first kappa shape index (κ1) is 9.53. The topological polar surface area (TPSA) is 37.3 Å². The van der Waals surface area contributed by atoms with Crippen LogP contribution in [0, 0.1) is 0 Å². The van der Waals surface area contributed by atoms with Crippen molar-refractivity contribution in [1.82, 2.24) is 0 Å². The Morgan fingerprint density at radius 2 is 2.07 bits per heavy atom. The highest BCUT2D eigenvalue weighted by Crippen LogP contribution is 2.35. The zero-order chi connectivity index (χ0) is 10.1. The molecule has 1 aliphatic rings. The van der Waals surface area contributed by atoms with Gasteiger partial charge in [-0.25, -0.2) is 0 Å². The molecule has 74 valence electrons. The van der Waals surface area contributed by atoms with Crippen LogP contribution in [-0.2, 0) is 12.8 Å². The van der Waals surface area contributed by atoms with Gasteiger partial charge >= 0.3 is 0 Å². The summed E-state index contributed by atoms with van der Waals surface area (Å²) in [5, 5.41) is 9.88. The number of carbonyl (C=O) groups is 1. The molecule has 1 aliphatic carbocycles. The van der Waals surface area contributed by atoms with Crippen LogP contribution in [0.5, 0.6) is 5.75 Å². The molecule has 3 heteroatoms. The maximum atomic E-state index is 10.8. The average molecular weight is 211 g/mol. The van der Waals surface area contributed by atoms with Crippen LogP contribution in [0.4, 0.5) is 0 Å². The third kappa shape index (κ3) is 1.40. The fourth-order valence-corrected chi connectivity index (χ4v) is 2.25. The second-order valence-electron chi connectivity index (χ2n) is 3.58. The fourth-order valence-electron chi connectivity index (χ4n) is 2.02. The summed E-state index contributed by atoms with van der Waals surface area (Å²) in [6.07, 6.45) is 4.73. The van der Waals surface area contributed by atoms with E-state index in [0.717, 1.165) is 36.8 Å². The van der Waals surface area contributed by atoms with Crippen LogP contribution in [0.1, 0.15) is 34.3 Å². The Hall–Kier alpha value is -1.02. The highest BCUT2D eigenvalue weighted by atomic mass is 35.5.